The molecule has 4 rings (SSSR count). The lowest BCUT2D eigenvalue weighted by Crippen LogP contribution is -2.40. The van der Waals surface area contributed by atoms with E-state index in [9.17, 15) is 10.5 Å². The minimum Gasteiger partial charge on any atom is -0.493 e. The summed E-state index contributed by atoms with van der Waals surface area (Å²) < 4.78 is 13.4. The van der Waals surface area contributed by atoms with E-state index in [2.05, 4.69) is 49.1 Å². The van der Waals surface area contributed by atoms with Gasteiger partial charge in [0.05, 0.1) is 30.2 Å². The molecule has 3 aromatic rings. The quantitative estimate of drug-likeness (QED) is 0.330. The van der Waals surface area contributed by atoms with Crippen LogP contribution in [0.5, 0.6) is 11.5 Å². The van der Waals surface area contributed by atoms with Gasteiger partial charge in [0.1, 0.15) is 24.8 Å². The second-order valence-corrected chi connectivity index (χ2v) is 9.64. The molecule has 1 aliphatic heterocycles. The monoisotopic (exact) mass is 605 g/mol. The summed E-state index contributed by atoms with van der Waals surface area (Å²) in [6.07, 6.45) is 0.967. The summed E-state index contributed by atoms with van der Waals surface area (Å²) in [4.78, 5) is 0. The molecule has 0 aromatic heterocycles. The van der Waals surface area contributed by atoms with Crippen LogP contribution in [0.1, 0.15) is 11.1 Å². The molecule has 0 fully saturated rings. The van der Waals surface area contributed by atoms with E-state index in [1.807, 2.05) is 54.6 Å². The van der Waals surface area contributed by atoms with Gasteiger partial charge < -0.3 is 15.2 Å². The molecule has 0 radical (unpaired) electrons. The van der Waals surface area contributed by atoms with Crippen LogP contribution in [0.2, 0.25) is 0 Å². The SMILES string of the molecule is COc1cc(/C=C(/C#N)C2=NN(c3ccccc3)[C@H](N)[C@@H]2C#N)ccc1OCc1ccc(Br)cc1Br. The summed E-state index contributed by atoms with van der Waals surface area (Å²) in [6.45, 7) is 0.344. The minimum absolute atomic E-state index is 0.255. The number of allylic oxidation sites excluding steroid dienone is 1. The Kier molecular flexibility index (Phi) is 8.07. The van der Waals surface area contributed by atoms with Crippen LogP contribution in [-0.4, -0.2) is 19.0 Å². The van der Waals surface area contributed by atoms with Crippen LogP contribution in [0.3, 0.4) is 0 Å². The van der Waals surface area contributed by atoms with Crippen molar-refractivity contribution in [2.45, 2.75) is 12.8 Å². The normalized spacial score (nSPS) is 17.2. The van der Waals surface area contributed by atoms with Gasteiger partial charge in [0.25, 0.3) is 0 Å². The number of methoxy groups -OCH3 is 1. The summed E-state index contributed by atoms with van der Waals surface area (Å²) in [5.41, 5.74) is 9.33. The van der Waals surface area contributed by atoms with Crippen molar-refractivity contribution in [2.75, 3.05) is 12.1 Å². The van der Waals surface area contributed by atoms with E-state index in [0.717, 1.165) is 20.2 Å². The third-order valence-corrected chi connectivity index (χ3v) is 6.82. The molecule has 3 aromatic carbocycles. The first-order chi connectivity index (χ1) is 17.4. The van der Waals surface area contributed by atoms with Crippen molar-refractivity contribution in [3.05, 3.63) is 92.4 Å². The molecule has 7 nitrogen and oxygen atoms in total. The fourth-order valence-corrected chi connectivity index (χ4v) is 4.90. The number of hydrazone groups is 1. The number of para-hydroxylation sites is 1. The van der Waals surface area contributed by atoms with Gasteiger partial charge in [0.15, 0.2) is 11.5 Å². The molecule has 2 N–H and O–H groups in total. The van der Waals surface area contributed by atoms with E-state index in [1.165, 1.54) is 0 Å². The molecule has 1 heterocycles. The second-order valence-electron chi connectivity index (χ2n) is 7.87. The van der Waals surface area contributed by atoms with E-state index < -0.39 is 12.1 Å². The zero-order valence-corrected chi connectivity index (χ0v) is 22.4. The molecular weight excluding hydrogens is 586 g/mol. The summed E-state index contributed by atoms with van der Waals surface area (Å²) in [5.74, 6) is 0.320. The average Bonchev–Trinajstić information content (AvgIpc) is 3.23. The van der Waals surface area contributed by atoms with Crippen LogP contribution in [0.15, 0.2) is 86.3 Å². The highest BCUT2D eigenvalue weighted by molar-refractivity contribution is 9.11. The highest BCUT2D eigenvalue weighted by Gasteiger charge is 2.37. The van der Waals surface area contributed by atoms with E-state index in [0.29, 0.717) is 29.4 Å². The number of ether oxygens (including phenoxy) is 2. The third kappa shape index (κ3) is 5.44. The molecule has 9 heteroatoms. The lowest BCUT2D eigenvalue weighted by atomic mass is 9.95. The molecule has 0 amide bonds. The summed E-state index contributed by atoms with van der Waals surface area (Å²) in [7, 11) is 1.56. The Balaban J connectivity index is 1.60. The summed E-state index contributed by atoms with van der Waals surface area (Å²) in [5, 5.41) is 25.8. The fourth-order valence-electron chi connectivity index (χ4n) is 3.73. The number of halogens is 2. The number of hydrogen-bond acceptors (Lipinski definition) is 7. The summed E-state index contributed by atoms with van der Waals surface area (Å²) in [6, 6.07) is 24.9. The Morgan fingerprint density at radius 3 is 2.53 bits per heavy atom. The first-order valence-corrected chi connectivity index (χ1v) is 12.5. The molecule has 36 heavy (non-hydrogen) atoms. The van der Waals surface area contributed by atoms with Crippen LogP contribution >= 0.6 is 31.9 Å². The predicted octanol–water partition coefficient (Wildman–Crippen LogP) is 6.01. The van der Waals surface area contributed by atoms with E-state index in [-0.39, 0.29) is 5.57 Å². The largest absolute Gasteiger partial charge is 0.493 e. The number of rotatable bonds is 7. The zero-order chi connectivity index (χ0) is 25.7. The summed E-state index contributed by atoms with van der Waals surface area (Å²) >= 11 is 6.99. The Hall–Kier alpha value is -3.63. The number of nitriles is 2. The van der Waals surface area contributed by atoms with Gasteiger partial charge >= 0.3 is 0 Å². The van der Waals surface area contributed by atoms with Crippen molar-refractivity contribution in [1.29, 1.82) is 10.5 Å². The average molecular weight is 607 g/mol. The molecule has 0 aliphatic carbocycles. The van der Waals surface area contributed by atoms with Crippen molar-refractivity contribution >= 4 is 49.3 Å². The Labute approximate surface area is 226 Å². The predicted molar refractivity (Wildman–Crippen MR) is 146 cm³/mol. The zero-order valence-electron chi connectivity index (χ0n) is 19.2. The lowest BCUT2D eigenvalue weighted by molar-refractivity contribution is 0.284. The molecule has 0 bridgehead atoms. The maximum atomic E-state index is 9.91. The standard InChI is InChI=1S/C27H21Br2N5O2/c1-35-25-12-17(7-10-24(25)36-16-18-8-9-20(28)13-23(18)29)11-19(14-30)26-22(15-31)27(32)34(33-26)21-5-3-2-4-6-21/h2-13,22,27H,16,32H2,1H3/b19-11-/t22-,27+/m1/s1. The number of benzene rings is 3. The third-order valence-electron chi connectivity index (χ3n) is 5.59. The Morgan fingerprint density at radius 2 is 1.86 bits per heavy atom. The molecule has 0 saturated carbocycles. The molecule has 180 valence electrons. The molecular formula is C27H21Br2N5O2. The maximum absolute atomic E-state index is 9.91. The van der Waals surface area contributed by atoms with E-state index >= 15 is 0 Å². The lowest BCUT2D eigenvalue weighted by Gasteiger charge is -2.21. The van der Waals surface area contributed by atoms with Gasteiger partial charge in [-0.2, -0.15) is 15.6 Å². The van der Waals surface area contributed by atoms with Crippen molar-refractivity contribution in [3.63, 3.8) is 0 Å². The Bertz CT molecular complexity index is 1410. The Morgan fingerprint density at radius 1 is 1.08 bits per heavy atom. The first kappa shape index (κ1) is 25.5. The second kappa shape index (κ2) is 11.4. The maximum Gasteiger partial charge on any atom is 0.161 e. The number of hydrogen-bond donors (Lipinski definition) is 1. The highest BCUT2D eigenvalue weighted by atomic mass is 79.9. The fraction of sp³-hybridized carbons (Fsp3) is 0.148. The van der Waals surface area contributed by atoms with Crippen molar-refractivity contribution in [1.82, 2.24) is 0 Å². The van der Waals surface area contributed by atoms with Crippen LogP contribution in [-0.2, 0) is 6.61 Å². The first-order valence-electron chi connectivity index (χ1n) is 10.9. The molecule has 2 atom stereocenters. The number of nitrogens with zero attached hydrogens (tertiary/aromatic N) is 4. The van der Waals surface area contributed by atoms with Crippen molar-refractivity contribution in [2.24, 2.45) is 16.8 Å². The van der Waals surface area contributed by atoms with Crippen molar-refractivity contribution < 1.29 is 9.47 Å². The number of nitrogens with two attached hydrogens (primary N) is 1. The van der Waals surface area contributed by atoms with Crippen LogP contribution < -0.4 is 20.2 Å². The smallest absolute Gasteiger partial charge is 0.161 e. The van der Waals surface area contributed by atoms with Crippen molar-refractivity contribution in [3.8, 4) is 23.6 Å². The van der Waals surface area contributed by atoms with Gasteiger partial charge in [-0.3, -0.25) is 0 Å². The van der Waals surface area contributed by atoms with Gasteiger partial charge in [-0.25, -0.2) is 5.01 Å². The molecule has 0 unspecified atom stereocenters. The molecule has 0 spiro atoms. The van der Waals surface area contributed by atoms with Crippen LogP contribution in [0.4, 0.5) is 5.69 Å². The topological polar surface area (TPSA) is 108 Å². The van der Waals surface area contributed by atoms with E-state index in [1.54, 1.807) is 30.3 Å². The molecule has 0 saturated heterocycles. The van der Waals surface area contributed by atoms with Gasteiger partial charge in [-0.15, -0.1) is 0 Å². The number of anilines is 1. The van der Waals surface area contributed by atoms with Gasteiger partial charge in [0, 0.05) is 14.5 Å². The van der Waals surface area contributed by atoms with Gasteiger partial charge in [0.2, 0.25) is 0 Å². The van der Waals surface area contributed by atoms with Gasteiger partial charge in [-0.1, -0.05) is 62.2 Å². The molecule has 1 aliphatic rings. The highest BCUT2D eigenvalue weighted by Crippen LogP contribution is 2.32. The minimum atomic E-state index is -0.759. The van der Waals surface area contributed by atoms with Crippen LogP contribution in [0, 0.1) is 28.6 Å². The van der Waals surface area contributed by atoms with Crippen LogP contribution in [0.25, 0.3) is 6.08 Å². The van der Waals surface area contributed by atoms with Gasteiger partial charge in [-0.05, 0) is 48.0 Å². The van der Waals surface area contributed by atoms with E-state index in [4.69, 9.17) is 15.2 Å².